The van der Waals surface area contributed by atoms with Crippen molar-refractivity contribution >= 4 is 11.6 Å². The lowest BCUT2D eigenvalue weighted by Gasteiger charge is -2.02. The lowest BCUT2D eigenvalue weighted by molar-refractivity contribution is 0.475. The Morgan fingerprint density at radius 1 is 1.45 bits per heavy atom. The van der Waals surface area contributed by atoms with E-state index >= 15 is 0 Å². The zero-order valence-electron chi connectivity index (χ0n) is 6.47. The van der Waals surface area contributed by atoms with Crippen LogP contribution in [0.25, 0.3) is 0 Å². The third-order valence-corrected chi connectivity index (χ3v) is 2.01. The molecule has 0 aromatic heterocycles. The highest BCUT2D eigenvalue weighted by Crippen LogP contribution is 2.27. The summed E-state index contributed by atoms with van der Waals surface area (Å²) in [5, 5.41) is 9.69. The highest BCUT2D eigenvalue weighted by molar-refractivity contribution is 6.32. The first-order valence-corrected chi connectivity index (χ1v) is 4.10. The monoisotopic (exact) mass is 170 g/mol. The Morgan fingerprint density at radius 3 is 2.82 bits per heavy atom. The predicted molar refractivity (Wildman–Crippen MR) is 47.1 cm³/mol. The Kier molecular flexibility index (Phi) is 2.77. The molecule has 0 amide bonds. The van der Waals surface area contributed by atoms with E-state index in [9.17, 15) is 5.11 Å². The molecule has 0 fully saturated rings. The van der Waals surface area contributed by atoms with E-state index in [1.54, 1.807) is 6.07 Å². The Bertz CT molecular complexity index is 245. The molecule has 1 aromatic rings. The van der Waals surface area contributed by atoms with E-state index in [0.717, 1.165) is 18.4 Å². The summed E-state index contributed by atoms with van der Waals surface area (Å²) >= 11 is 5.82. The van der Waals surface area contributed by atoms with Gasteiger partial charge in [0, 0.05) is 0 Å². The van der Waals surface area contributed by atoms with E-state index < -0.39 is 0 Å². The summed E-state index contributed by atoms with van der Waals surface area (Å²) in [6.45, 7) is 2.08. The van der Waals surface area contributed by atoms with Gasteiger partial charge < -0.3 is 5.11 Å². The van der Waals surface area contributed by atoms with Crippen LogP contribution in [-0.2, 0) is 6.42 Å². The Hall–Kier alpha value is -0.690. The van der Waals surface area contributed by atoms with E-state index in [1.807, 2.05) is 12.1 Å². The summed E-state index contributed by atoms with van der Waals surface area (Å²) in [4.78, 5) is 0. The maximum absolute atomic E-state index is 9.19. The number of rotatable bonds is 2. The number of phenolic OH excluding ortho intramolecular Hbond substituents is 1. The van der Waals surface area contributed by atoms with Gasteiger partial charge in [-0.1, -0.05) is 37.1 Å². The number of hydrogen-bond acceptors (Lipinski definition) is 1. The summed E-state index contributed by atoms with van der Waals surface area (Å²) in [5.41, 5.74) is 1.02. The van der Waals surface area contributed by atoms with Crippen LogP contribution in [0.2, 0.25) is 5.02 Å². The SMILES string of the molecule is CCCc1cccc(O)c1Cl. The van der Waals surface area contributed by atoms with Crippen LogP contribution >= 0.6 is 11.6 Å². The number of hydrogen-bond donors (Lipinski definition) is 1. The average Bonchev–Trinajstić information content (AvgIpc) is 1.99. The van der Waals surface area contributed by atoms with Crippen molar-refractivity contribution in [3.05, 3.63) is 28.8 Å². The largest absolute Gasteiger partial charge is 0.506 e. The molecule has 0 unspecified atom stereocenters. The second-order valence-electron chi connectivity index (χ2n) is 2.50. The summed E-state index contributed by atoms with van der Waals surface area (Å²) < 4.78 is 0. The van der Waals surface area contributed by atoms with Crippen LogP contribution in [0.1, 0.15) is 18.9 Å². The van der Waals surface area contributed by atoms with Crippen molar-refractivity contribution < 1.29 is 5.11 Å². The number of benzene rings is 1. The second-order valence-corrected chi connectivity index (χ2v) is 2.88. The fourth-order valence-corrected chi connectivity index (χ4v) is 1.25. The minimum absolute atomic E-state index is 0.178. The van der Waals surface area contributed by atoms with Crippen molar-refractivity contribution in [1.82, 2.24) is 0 Å². The highest BCUT2D eigenvalue weighted by Gasteiger charge is 2.02. The molecule has 1 aromatic carbocycles. The Labute approximate surface area is 71.6 Å². The van der Waals surface area contributed by atoms with Crippen molar-refractivity contribution in [2.75, 3.05) is 0 Å². The first-order valence-electron chi connectivity index (χ1n) is 3.72. The Balaban J connectivity index is 2.96. The standard InChI is InChI=1S/C9H11ClO/c1-2-4-7-5-3-6-8(11)9(7)10/h3,5-6,11H,2,4H2,1H3. The summed E-state index contributed by atoms with van der Waals surface area (Å²) in [6, 6.07) is 5.35. The summed E-state index contributed by atoms with van der Waals surface area (Å²) in [7, 11) is 0. The molecule has 0 bridgehead atoms. The fourth-order valence-electron chi connectivity index (χ4n) is 1.03. The second kappa shape index (κ2) is 3.63. The van der Waals surface area contributed by atoms with Gasteiger partial charge in [-0.2, -0.15) is 0 Å². The van der Waals surface area contributed by atoms with Gasteiger partial charge in [0.2, 0.25) is 0 Å². The van der Waals surface area contributed by atoms with E-state index in [1.165, 1.54) is 0 Å². The molecule has 0 aliphatic rings. The molecule has 11 heavy (non-hydrogen) atoms. The maximum atomic E-state index is 9.19. The van der Waals surface area contributed by atoms with Gasteiger partial charge in [0.15, 0.2) is 0 Å². The molecule has 0 atom stereocenters. The molecule has 0 aliphatic heterocycles. The molecule has 1 rings (SSSR count). The van der Waals surface area contributed by atoms with Crippen LogP contribution in [-0.4, -0.2) is 5.11 Å². The molecule has 1 N–H and O–H groups in total. The van der Waals surface area contributed by atoms with E-state index in [2.05, 4.69) is 6.92 Å². The van der Waals surface area contributed by atoms with Crippen LogP contribution in [0, 0.1) is 0 Å². The lowest BCUT2D eigenvalue weighted by Crippen LogP contribution is -1.83. The first-order chi connectivity index (χ1) is 5.25. The topological polar surface area (TPSA) is 20.2 Å². The van der Waals surface area contributed by atoms with Gasteiger partial charge in [-0.05, 0) is 18.1 Å². The minimum atomic E-state index is 0.178. The number of phenols is 1. The molecule has 0 spiro atoms. The van der Waals surface area contributed by atoms with Gasteiger partial charge in [-0.3, -0.25) is 0 Å². The molecule has 0 radical (unpaired) electrons. The van der Waals surface area contributed by atoms with Gasteiger partial charge in [0.05, 0.1) is 5.02 Å². The van der Waals surface area contributed by atoms with Crippen molar-refractivity contribution in [3.8, 4) is 5.75 Å². The van der Waals surface area contributed by atoms with Crippen molar-refractivity contribution in [1.29, 1.82) is 0 Å². The third kappa shape index (κ3) is 1.87. The predicted octanol–water partition coefficient (Wildman–Crippen LogP) is 3.00. The minimum Gasteiger partial charge on any atom is -0.506 e. The van der Waals surface area contributed by atoms with Gasteiger partial charge in [0.1, 0.15) is 5.75 Å². The number of halogens is 1. The van der Waals surface area contributed by atoms with E-state index in [-0.39, 0.29) is 5.75 Å². The van der Waals surface area contributed by atoms with Gasteiger partial charge in [-0.25, -0.2) is 0 Å². The average molecular weight is 171 g/mol. The molecule has 0 saturated heterocycles. The van der Waals surface area contributed by atoms with E-state index in [4.69, 9.17) is 11.6 Å². The first kappa shape index (κ1) is 8.41. The smallest absolute Gasteiger partial charge is 0.134 e. The fraction of sp³-hybridized carbons (Fsp3) is 0.333. The van der Waals surface area contributed by atoms with Crippen LogP contribution in [0.5, 0.6) is 5.75 Å². The highest BCUT2D eigenvalue weighted by atomic mass is 35.5. The summed E-state index contributed by atoms with van der Waals surface area (Å²) in [5.74, 6) is 0.178. The molecule has 0 heterocycles. The normalized spacial score (nSPS) is 10.0. The van der Waals surface area contributed by atoms with E-state index in [0.29, 0.717) is 5.02 Å². The van der Waals surface area contributed by atoms with Crippen LogP contribution in [0.3, 0.4) is 0 Å². The van der Waals surface area contributed by atoms with Crippen LogP contribution in [0.15, 0.2) is 18.2 Å². The van der Waals surface area contributed by atoms with Gasteiger partial charge >= 0.3 is 0 Å². The molecule has 1 nitrogen and oxygen atoms in total. The molecule has 2 heteroatoms. The van der Waals surface area contributed by atoms with Crippen molar-refractivity contribution in [3.63, 3.8) is 0 Å². The van der Waals surface area contributed by atoms with Crippen LogP contribution < -0.4 is 0 Å². The molecule has 0 aliphatic carbocycles. The van der Waals surface area contributed by atoms with Gasteiger partial charge in [-0.15, -0.1) is 0 Å². The number of aryl methyl sites for hydroxylation is 1. The van der Waals surface area contributed by atoms with Crippen molar-refractivity contribution in [2.24, 2.45) is 0 Å². The zero-order valence-corrected chi connectivity index (χ0v) is 7.23. The lowest BCUT2D eigenvalue weighted by atomic mass is 10.1. The summed E-state index contributed by atoms with van der Waals surface area (Å²) in [6.07, 6.45) is 1.97. The molecule has 0 saturated carbocycles. The molecule has 60 valence electrons. The maximum Gasteiger partial charge on any atom is 0.134 e. The Morgan fingerprint density at radius 2 is 2.18 bits per heavy atom. The zero-order chi connectivity index (χ0) is 8.27. The van der Waals surface area contributed by atoms with Crippen LogP contribution in [0.4, 0.5) is 0 Å². The van der Waals surface area contributed by atoms with Crippen molar-refractivity contribution in [2.45, 2.75) is 19.8 Å². The van der Waals surface area contributed by atoms with Gasteiger partial charge in [0.25, 0.3) is 0 Å². The third-order valence-electron chi connectivity index (χ3n) is 1.58. The quantitative estimate of drug-likeness (QED) is 0.724. The molecular formula is C9H11ClO. The number of aromatic hydroxyl groups is 1. The molecular weight excluding hydrogens is 160 g/mol.